The number of aromatic nitrogens is 6. The van der Waals surface area contributed by atoms with Crippen LogP contribution in [0.1, 0.15) is 16.7 Å². The van der Waals surface area contributed by atoms with Crippen molar-refractivity contribution in [3.63, 3.8) is 0 Å². The SMILES string of the molecule is Cc1ccc(-n2cc(Cc3cc(N)nc4[nH]nnc34)cn2)c2ccccc12. The molecule has 0 fully saturated rings. The van der Waals surface area contributed by atoms with Gasteiger partial charge in [-0.25, -0.2) is 14.8 Å². The van der Waals surface area contributed by atoms with E-state index in [1.807, 2.05) is 23.1 Å². The van der Waals surface area contributed by atoms with E-state index >= 15 is 0 Å². The molecule has 0 bridgehead atoms. The molecule has 0 amide bonds. The lowest BCUT2D eigenvalue weighted by atomic mass is 10.0. The highest BCUT2D eigenvalue weighted by Gasteiger charge is 2.11. The van der Waals surface area contributed by atoms with Crippen molar-refractivity contribution in [1.82, 2.24) is 30.2 Å². The lowest BCUT2D eigenvalue weighted by Gasteiger charge is -2.08. The number of rotatable bonds is 3. The van der Waals surface area contributed by atoms with Crippen molar-refractivity contribution in [2.75, 3.05) is 5.73 Å². The van der Waals surface area contributed by atoms with Crippen LogP contribution < -0.4 is 5.73 Å². The molecule has 5 rings (SSSR count). The fourth-order valence-electron chi connectivity index (χ4n) is 3.50. The van der Waals surface area contributed by atoms with Crippen molar-refractivity contribution < 1.29 is 0 Å². The van der Waals surface area contributed by atoms with Gasteiger partial charge in [-0.3, -0.25) is 0 Å². The van der Waals surface area contributed by atoms with Crippen LogP contribution in [-0.4, -0.2) is 30.2 Å². The van der Waals surface area contributed by atoms with Gasteiger partial charge >= 0.3 is 0 Å². The molecule has 132 valence electrons. The van der Waals surface area contributed by atoms with Gasteiger partial charge in [0.25, 0.3) is 0 Å². The Labute approximate surface area is 154 Å². The van der Waals surface area contributed by atoms with E-state index in [-0.39, 0.29) is 0 Å². The first-order chi connectivity index (χ1) is 13.2. The normalized spacial score (nSPS) is 11.4. The second kappa shape index (κ2) is 5.91. The van der Waals surface area contributed by atoms with Crippen LogP contribution in [0.15, 0.2) is 54.9 Å². The number of hydrogen-bond acceptors (Lipinski definition) is 5. The molecular formula is C20H17N7. The van der Waals surface area contributed by atoms with Crippen molar-refractivity contribution in [1.29, 1.82) is 0 Å². The molecule has 0 unspecified atom stereocenters. The number of nitrogens with two attached hydrogens (primary N) is 1. The van der Waals surface area contributed by atoms with Gasteiger partial charge in [0.15, 0.2) is 5.65 Å². The number of H-pyrrole nitrogens is 1. The van der Waals surface area contributed by atoms with Gasteiger partial charge in [0.1, 0.15) is 11.3 Å². The quantitative estimate of drug-likeness (QED) is 0.518. The minimum Gasteiger partial charge on any atom is -0.384 e. The Morgan fingerprint density at radius 3 is 2.85 bits per heavy atom. The highest BCUT2D eigenvalue weighted by Crippen LogP contribution is 2.26. The minimum absolute atomic E-state index is 0.445. The van der Waals surface area contributed by atoms with E-state index in [0.717, 1.165) is 22.3 Å². The minimum atomic E-state index is 0.445. The summed E-state index contributed by atoms with van der Waals surface area (Å²) in [6.45, 7) is 2.12. The standard InChI is InChI=1S/C20H17N7/c1-12-6-7-17(16-5-3-2-4-15(12)16)27-11-13(10-22-27)8-14-9-18(21)23-20-19(14)24-26-25-20/h2-7,9-11H,8H2,1H3,(H3,21,23,24,25,26). The van der Waals surface area contributed by atoms with E-state index in [9.17, 15) is 0 Å². The highest BCUT2D eigenvalue weighted by molar-refractivity contribution is 5.92. The fraction of sp³-hybridized carbons (Fsp3) is 0.100. The predicted molar refractivity (Wildman–Crippen MR) is 105 cm³/mol. The molecular weight excluding hydrogens is 338 g/mol. The topological polar surface area (TPSA) is 98.3 Å². The van der Waals surface area contributed by atoms with E-state index < -0.39 is 0 Å². The zero-order valence-corrected chi connectivity index (χ0v) is 14.7. The molecule has 0 radical (unpaired) electrons. The zero-order chi connectivity index (χ0) is 18.4. The van der Waals surface area contributed by atoms with Crippen LogP contribution in [0, 0.1) is 6.92 Å². The van der Waals surface area contributed by atoms with Crippen LogP contribution >= 0.6 is 0 Å². The van der Waals surface area contributed by atoms with Gasteiger partial charge in [0, 0.05) is 18.0 Å². The molecule has 2 aromatic carbocycles. The number of aromatic amines is 1. The summed E-state index contributed by atoms with van der Waals surface area (Å²) in [5.74, 6) is 0.445. The van der Waals surface area contributed by atoms with E-state index in [4.69, 9.17) is 5.73 Å². The highest BCUT2D eigenvalue weighted by atomic mass is 15.3. The third kappa shape index (κ3) is 2.60. The Hall–Kier alpha value is -3.74. The molecule has 3 N–H and O–H groups in total. The Kier molecular flexibility index (Phi) is 3.39. The maximum atomic E-state index is 5.90. The third-order valence-electron chi connectivity index (χ3n) is 4.79. The Balaban J connectivity index is 1.56. The molecule has 0 saturated heterocycles. The number of hydrogen-bond donors (Lipinski definition) is 2. The van der Waals surface area contributed by atoms with Gasteiger partial charge in [-0.05, 0) is 41.1 Å². The Bertz CT molecular complexity index is 1280. The van der Waals surface area contributed by atoms with Crippen molar-refractivity contribution in [2.45, 2.75) is 13.3 Å². The lowest BCUT2D eigenvalue weighted by molar-refractivity contribution is 0.887. The maximum Gasteiger partial charge on any atom is 0.178 e. The van der Waals surface area contributed by atoms with Crippen LogP contribution in [0.25, 0.3) is 27.6 Å². The molecule has 27 heavy (non-hydrogen) atoms. The third-order valence-corrected chi connectivity index (χ3v) is 4.79. The summed E-state index contributed by atoms with van der Waals surface area (Å²) in [7, 11) is 0. The summed E-state index contributed by atoms with van der Waals surface area (Å²) < 4.78 is 1.92. The first kappa shape index (κ1) is 15.5. The number of nitrogens with zero attached hydrogens (tertiary/aromatic N) is 5. The van der Waals surface area contributed by atoms with Gasteiger partial charge in [-0.2, -0.15) is 5.10 Å². The molecule has 0 aliphatic heterocycles. The Morgan fingerprint density at radius 2 is 1.96 bits per heavy atom. The predicted octanol–water partition coefficient (Wildman–Crippen LogP) is 3.17. The van der Waals surface area contributed by atoms with E-state index in [1.165, 1.54) is 16.3 Å². The van der Waals surface area contributed by atoms with Crippen molar-refractivity contribution in [3.8, 4) is 5.69 Å². The van der Waals surface area contributed by atoms with E-state index in [0.29, 0.717) is 17.9 Å². The average molecular weight is 355 g/mol. The first-order valence-electron chi connectivity index (χ1n) is 8.67. The van der Waals surface area contributed by atoms with E-state index in [1.54, 1.807) is 0 Å². The number of nitrogens with one attached hydrogen (secondary N) is 1. The molecule has 0 aliphatic carbocycles. The smallest absolute Gasteiger partial charge is 0.178 e. The van der Waals surface area contributed by atoms with Gasteiger partial charge in [-0.1, -0.05) is 35.5 Å². The maximum absolute atomic E-state index is 5.90. The number of nitrogen functional groups attached to an aromatic ring is 1. The summed E-state index contributed by atoms with van der Waals surface area (Å²) in [6.07, 6.45) is 4.57. The molecule has 7 heteroatoms. The summed E-state index contributed by atoms with van der Waals surface area (Å²) >= 11 is 0. The van der Waals surface area contributed by atoms with Gasteiger partial charge in [0.05, 0.1) is 11.9 Å². The van der Waals surface area contributed by atoms with Gasteiger partial charge < -0.3 is 5.73 Å². The second-order valence-electron chi connectivity index (χ2n) is 6.63. The molecule has 3 heterocycles. The molecule has 5 aromatic rings. The number of fused-ring (bicyclic) bond motifs is 2. The molecule has 0 atom stereocenters. The van der Waals surface area contributed by atoms with E-state index in [2.05, 4.69) is 68.8 Å². The molecule has 3 aromatic heterocycles. The lowest BCUT2D eigenvalue weighted by Crippen LogP contribution is -1.97. The van der Waals surface area contributed by atoms with Crippen LogP contribution in [0.5, 0.6) is 0 Å². The molecule has 7 nitrogen and oxygen atoms in total. The molecule has 0 saturated carbocycles. The first-order valence-corrected chi connectivity index (χ1v) is 8.67. The van der Waals surface area contributed by atoms with Gasteiger partial charge in [-0.15, -0.1) is 5.10 Å². The largest absolute Gasteiger partial charge is 0.384 e. The second-order valence-corrected chi connectivity index (χ2v) is 6.63. The van der Waals surface area contributed by atoms with Crippen LogP contribution in [0.3, 0.4) is 0 Å². The van der Waals surface area contributed by atoms with Crippen molar-refractivity contribution >= 4 is 27.8 Å². The number of benzene rings is 2. The number of aryl methyl sites for hydroxylation is 1. The number of anilines is 1. The Morgan fingerprint density at radius 1 is 1.11 bits per heavy atom. The van der Waals surface area contributed by atoms with Crippen LogP contribution in [0.4, 0.5) is 5.82 Å². The molecule has 0 spiro atoms. The summed E-state index contributed by atoms with van der Waals surface area (Å²) in [5.41, 5.74) is 11.6. The fourth-order valence-corrected chi connectivity index (χ4v) is 3.50. The van der Waals surface area contributed by atoms with Crippen molar-refractivity contribution in [2.24, 2.45) is 0 Å². The average Bonchev–Trinajstić information content (AvgIpc) is 3.32. The monoisotopic (exact) mass is 355 g/mol. The molecule has 0 aliphatic rings. The van der Waals surface area contributed by atoms with Gasteiger partial charge in [0.2, 0.25) is 0 Å². The van der Waals surface area contributed by atoms with Crippen molar-refractivity contribution in [3.05, 3.63) is 71.5 Å². The summed E-state index contributed by atoms with van der Waals surface area (Å²) in [6, 6.07) is 14.4. The summed E-state index contributed by atoms with van der Waals surface area (Å²) in [4.78, 5) is 4.21. The van der Waals surface area contributed by atoms with Crippen LogP contribution in [-0.2, 0) is 6.42 Å². The summed E-state index contributed by atoms with van der Waals surface area (Å²) in [5, 5.41) is 17.7. The zero-order valence-electron chi connectivity index (χ0n) is 14.7. The van der Waals surface area contributed by atoms with Crippen LogP contribution in [0.2, 0.25) is 0 Å². The number of pyridine rings is 1.